The first-order chi connectivity index (χ1) is 12.3. The number of hydrogen-bond donors (Lipinski definition) is 3. The smallest absolute Gasteiger partial charge is 0.364 e. The molecule has 0 aromatic rings. The largest absolute Gasteiger partial charge is 0.477 e. The number of hydrogen-bond acceptors (Lipinski definition) is 3. The van der Waals surface area contributed by atoms with E-state index in [2.05, 4.69) is 24.8 Å². The third-order valence-corrected chi connectivity index (χ3v) is 4.68. The summed E-state index contributed by atoms with van der Waals surface area (Å²) in [5.41, 5.74) is 7.49. The van der Waals surface area contributed by atoms with Crippen molar-refractivity contribution in [2.24, 2.45) is 0 Å². The summed E-state index contributed by atoms with van der Waals surface area (Å²) in [6, 6.07) is 0. The molecule has 0 spiro atoms. The van der Waals surface area contributed by atoms with Gasteiger partial charge in [0.05, 0.1) is 0 Å². The number of carboxylic acids is 1. The van der Waals surface area contributed by atoms with E-state index in [4.69, 9.17) is 5.11 Å². The molecule has 0 radical (unpaired) electrons. The van der Waals surface area contributed by atoms with Crippen LogP contribution in [-0.4, -0.2) is 27.1 Å². The predicted octanol–water partition coefficient (Wildman–Crippen LogP) is 5.03. The van der Waals surface area contributed by atoms with Gasteiger partial charge < -0.3 is 15.3 Å². The second-order valence-corrected chi connectivity index (χ2v) is 7.40. The molecule has 0 unspecified atom stereocenters. The number of aliphatic hydroxyl groups is 2. The van der Waals surface area contributed by atoms with Crippen molar-refractivity contribution in [3.05, 3.63) is 40.2 Å². The van der Waals surface area contributed by atoms with Crippen molar-refractivity contribution in [3.63, 3.8) is 0 Å². The molecular weight excluding hydrogens is 328 g/mol. The van der Waals surface area contributed by atoms with Crippen molar-refractivity contribution in [3.8, 4) is 0 Å². The monoisotopic (exact) mass is 362 g/mol. The first-order valence-corrected chi connectivity index (χ1v) is 9.73. The minimum absolute atomic E-state index is 0.344. The van der Waals surface area contributed by atoms with E-state index in [1.807, 2.05) is 6.92 Å². The molecule has 1 aliphatic rings. The molecule has 0 bridgehead atoms. The van der Waals surface area contributed by atoms with Crippen LogP contribution in [0.1, 0.15) is 85.0 Å². The summed E-state index contributed by atoms with van der Waals surface area (Å²) in [5, 5.41) is 27.7. The highest BCUT2D eigenvalue weighted by molar-refractivity contribution is 5.75. The Hall–Kier alpha value is -1.61. The summed E-state index contributed by atoms with van der Waals surface area (Å²) in [4.78, 5) is 10.8. The molecule has 4 nitrogen and oxygen atoms in total. The minimum atomic E-state index is -2.73. The second kappa shape index (κ2) is 11.2. The molecule has 1 rings (SSSR count). The molecule has 0 saturated carbocycles. The normalized spacial score (nSPS) is 14.8. The molecule has 0 heterocycles. The molecule has 0 aromatic carbocycles. The predicted molar refractivity (Wildman–Crippen MR) is 105 cm³/mol. The molecule has 3 N–H and O–H groups in total. The fourth-order valence-electron chi connectivity index (χ4n) is 3.37. The van der Waals surface area contributed by atoms with Gasteiger partial charge >= 0.3 is 5.97 Å². The summed E-state index contributed by atoms with van der Waals surface area (Å²) in [6.07, 6.45) is 14.7. The van der Waals surface area contributed by atoms with Gasteiger partial charge in [-0.2, -0.15) is 0 Å². The quantitative estimate of drug-likeness (QED) is 0.274. The topological polar surface area (TPSA) is 77.8 Å². The highest BCUT2D eigenvalue weighted by Gasteiger charge is 2.33. The lowest BCUT2D eigenvalue weighted by Crippen LogP contribution is -2.38. The van der Waals surface area contributed by atoms with Crippen molar-refractivity contribution in [1.82, 2.24) is 0 Å². The molecule has 4 heteroatoms. The van der Waals surface area contributed by atoms with Crippen LogP contribution in [0.5, 0.6) is 0 Å². The van der Waals surface area contributed by atoms with E-state index in [0.29, 0.717) is 5.57 Å². The lowest BCUT2D eigenvalue weighted by molar-refractivity contribution is -0.202. The lowest BCUT2D eigenvalue weighted by atomic mass is 10.0. The number of carboxylic acid groups (broad SMARTS) is 1. The number of rotatable bonds is 11. The molecule has 0 atom stereocenters. The van der Waals surface area contributed by atoms with Gasteiger partial charge in [-0.15, -0.1) is 5.73 Å². The number of allylic oxidation sites excluding steroid dienone is 4. The van der Waals surface area contributed by atoms with Crippen LogP contribution in [0.3, 0.4) is 0 Å². The first kappa shape index (κ1) is 22.4. The summed E-state index contributed by atoms with van der Waals surface area (Å²) in [5.74, 6) is -4.36. The maximum absolute atomic E-state index is 10.8. The zero-order chi connectivity index (χ0) is 19.6. The Morgan fingerprint density at radius 1 is 1.15 bits per heavy atom. The summed E-state index contributed by atoms with van der Waals surface area (Å²) in [6.45, 7) is 5.85. The van der Waals surface area contributed by atoms with Gasteiger partial charge in [0.1, 0.15) is 0 Å². The van der Waals surface area contributed by atoms with Crippen LogP contribution < -0.4 is 0 Å². The van der Waals surface area contributed by atoms with Crippen molar-refractivity contribution in [1.29, 1.82) is 0 Å². The van der Waals surface area contributed by atoms with Crippen LogP contribution in [-0.2, 0) is 4.79 Å². The zero-order valence-electron chi connectivity index (χ0n) is 16.5. The SMILES string of the molecule is CCCCCC/C=C/C1=C(CC(C)=C=C(C)CC(O)(O)C(=O)O)CCC1. The average molecular weight is 363 g/mol. The number of unbranched alkanes of at least 4 members (excludes halogenated alkanes) is 4. The van der Waals surface area contributed by atoms with E-state index in [0.717, 1.165) is 31.3 Å². The van der Waals surface area contributed by atoms with Gasteiger partial charge in [0, 0.05) is 6.42 Å². The molecule has 1 aliphatic carbocycles. The van der Waals surface area contributed by atoms with Gasteiger partial charge in [-0.05, 0) is 69.1 Å². The first-order valence-electron chi connectivity index (χ1n) is 9.73. The molecule has 0 aliphatic heterocycles. The molecule has 0 saturated heterocycles. The second-order valence-electron chi connectivity index (χ2n) is 7.40. The Morgan fingerprint density at radius 2 is 1.88 bits per heavy atom. The standard InChI is InChI=1S/C22H34O4/c1-4-5-6-7-8-9-11-19-12-10-13-20(19)15-17(2)14-18(3)16-22(25,26)21(23)24/h9,11,25-26H,4-8,10,12-13,15-16H2,1-3H3,(H,23,24)/b11-9+. The van der Waals surface area contributed by atoms with E-state index in [1.54, 1.807) is 6.92 Å². The van der Waals surface area contributed by atoms with Crippen LogP contribution in [0, 0.1) is 0 Å². The van der Waals surface area contributed by atoms with Crippen LogP contribution in [0.15, 0.2) is 40.2 Å². The van der Waals surface area contributed by atoms with E-state index in [-0.39, 0.29) is 6.42 Å². The molecule has 26 heavy (non-hydrogen) atoms. The van der Waals surface area contributed by atoms with Crippen molar-refractivity contribution >= 4 is 5.97 Å². The van der Waals surface area contributed by atoms with Gasteiger partial charge in [-0.1, -0.05) is 43.9 Å². The Kier molecular flexibility index (Phi) is 9.64. The Morgan fingerprint density at radius 3 is 2.54 bits per heavy atom. The lowest BCUT2D eigenvalue weighted by Gasteiger charge is -2.15. The van der Waals surface area contributed by atoms with Gasteiger partial charge in [-0.25, -0.2) is 4.79 Å². The van der Waals surface area contributed by atoms with E-state index in [9.17, 15) is 15.0 Å². The fraction of sp³-hybridized carbons (Fsp3) is 0.636. The Bertz CT molecular complexity index is 602. The number of aliphatic carboxylic acids is 1. The average Bonchev–Trinajstić information content (AvgIpc) is 2.96. The van der Waals surface area contributed by atoms with Crippen LogP contribution in [0.2, 0.25) is 0 Å². The molecular formula is C22H34O4. The molecule has 0 amide bonds. The molecule has 146 valence electrons. The van der Waals surface area contributed by atoms with E-state index >= 15 is 0 Å². The van der Waals surface area contributed by atoms with Crippen LogP contribution in [0.25, 0.3) is 0 Å². The fourth-order valence-corrected chi connectivity index (χ4v) is 3.37. The highest BCUT2D eigenvalue weighted by Crippen LogP contribution is 2.31. The van der Waals surface area contributed by atoms with Gasteiger partial charge in [0.25, 0.3) is 5.79 Å². The summed E-state index contributed by atoms with van der Waals surface area (Å²) < 4.78 is 0. The van der Waals surface area contributed by atoms with E-state index in [1.165, 1.54) is 43.3 Å². The zero-order valence-corrected chi connectivity index (χ0v) is 16.5. The number of carbonyl (C=O) groups is 1. The summed E-state index contributed by atoms with van der Waals surface area (Å²) in [7, 11) is 0. The van der Waals surface area contributed by atoms with Gasteiger partial charge in [-0.3, -0.25) is 0 Å². The van der Waals surface area contributed by atoms with Crippen LogP contribution >= 0.6 is 0 Å². The van der Waals surface area contributed by atoms with Crippen molar-refractivity contribution in [2.45, 2.75) is 90.8 Å². The van der Waals surface area contributed by atoms with Crippen molar-refractivity contribution < 1.29 is 20.1 Å². The van der Waals surface area contributed by atoms with Gasteiger partial charge in [0.15, 0.2) is 0 Å². The Balaban J connectivity index is 2.70. The highest BCUT2D eigenvalue weighted by atomic mass is 16.5. The van der Waals surface area contributed by atoms with Crippen LogP contribution in [0.4, 0.5) is 0 Å². The summed E-state index contributed by atoms with van der Waals surface area (Å²) >= 11 is 0. The molecule has 0 fully saturated rings. The maximum atomic E-state index is 10.8. The third-order valence-electron chi connectivity index (χ3n) is 4.68. The van der Waals surface area contributed by atoms with E-state index < -0.39 is 11.8 Å². The maximum Gasteiger partial charge on any atom is 0.364 e. The third kappa shape index (κ3) is 8.18. The van der Waals surface area contributed by atoms with Crippen molar-refractivity contribution in [2.75, 3.05) is 0 Å². The van der Waals surface area contributed by atoms with Gasteiger partial charge in [0.2, 0.25) is 0 Å². The minimum Gasteiger partial charge on any atom is -0.477 e. The Labute approximate surface area is 157 Å². The molecule has 0 aromatic heterocycles.